The van der Waals surface area contributed by atoms with Crippen LogP contribution in [0.4, 0.5) is 0 Å². The summed E-state index contributed by atoms with van der Waals surface area (Å²) in [6, 6.07) is 6.06. The first-order valence-corrected chi connectivity index (χ1v) is 7.29. The van der Waals surface area contributed by atoms with Crippen molar-refractivity contribution in [3.63, 3.8) is 0 Å². The van der Waals surface area contributed by atoms with E-state index in [1.165, 1.54) is 50.2 Å². The number of hydrogen-bond donors (Lipinski definition) is 1. The summed E-state index contributed by atoms with van der Waals surface area (Å²) in [6.07, 6.45) is 5.56. The smallest absolute Gasteiger partial charge is 0.0331 e. The van der Waals surface area contributed by atoms with Gasteiger partial charge in [-0.2, -0.15) is 0 Å². The molecule has 2 heterocycles. The molecule has 0 spiro atoms. The van der Waals surface area contributed by atoms with E-state index in [0.29, 0.717) is 0 Å². The van der Waals surface area contributed by atoms with Crippen LogP contribution in [-0.4, -0.2) is 30.1 Å². The number of hydrogen-bond acceptors (Lipinski definition) is 3. The van der Waals surface area contributed by atoms with Gasteiger partial charge in [-0.3, -0.25) is 4.90 Å². The van der Waals surface area contributed by atoms with Crippen LogP contribution in [0.2, 0.25) is 0 Å². The molecule has 0 amide bonds. The Bertz CT molecular complexity index is 313. The molecule has 1 N–H and O–H groups in total. The van der Waals surface area contributed by atoms with Crippen molar-refractivity contribution in [1.82, 2.24) is 10.2 Å². The zero-order valence-electron chi connectivity index (χ0n) is 9.69. The fourth-order valence-electron chi connectivity index (χ4n) is 2.58. The van der Waals surface area contributed by atoms with Crippen LogP contribution in [-0.2, 0) is 6.54 Å². The maximum atomic E-state index is 3.61. The predicted molar refractivity (Wildman–Crippen MR) is 68.8 cm³/mol. The molecule has 1 aliphatic heterocycles. The van der Waals surface area contributed by atoms with E-state index < -0.39 is 0 Å². The monoisotopic (exact) mass is 236 g/mol. The van der Waals surface area contributed by atoms with Crippen LogP contribution >= 0.6 is 11.3 Å². The summed E-state index contributed by atoms with van der Waals surface area (Å²) in [5.41, 5.74) is 0. The van der Waals surface area contributed by atoms with Gasteiger partial charge in [0.1, 0.15) is 0 Å². The van der Waals surface area contributed by atoms with Crippen molar-refractivity contribution in [2.75, 3.05) is 13.1 Å². The summed E-state index contributed by atoms with van der Waals surface area (Å²) in [5.74, 6) is 0. The minimum absolute atomic E-state index is 0.751. The standard InChI is InChI=1S/C13H20N2S/c1-3-11(14-7-1)9-15(12-5-6-12)10-13-4-2-8-16-13/h2,4,8,11-12,14H,1,3,5-7,9-10H2/t11-/m1/s1. The van der Waals surface area contributed by atoms with E-state index in [1.54, 1.807) is 0 Å². The maximum Gasteiger partial charge on any atom is 0.0331 e. The lowest BCUT2D eigenvalue weighted by Crippen LogP contribution is -2.38. The van der Waals surface area contributed by atoms with Gasteiger partial charge in [-0.25, -0.2) is 0 Å². The lowest BCUT2D eigenvalue weighted by molar-refractivity contribution is 0.233. The largest absolute Gasteiger partial charge is 0.313 e. The lowest BCUT2D eigenvalue weighted by atomic mass is 10.2. The Morgan fingerprint density at radius 3 is 2.94 bits per heavy atom. The molecule has 1 aliphatic carbocycles. The summed E-state index contributed by atoms with van der Waals surface area (Å²) in [7, 11) is 0. The van der Waals surface area contributed by atoms with E-state index in [0.717, 1.165) is 12.1 Å². The zero-order chi connectivity index (χ0) is 10.8. The van der Waals surface area contributed by atoms with Gasteiger partial charge in [-0.1, -0.05) is 6.07 Å². The fraction of sp³-hybridized carbons (Fsp3) is 0.692. The first-order valence-electron chi connectivity index (χ1n) is 6.41. The third kappa shape index (κ3) is 2.65. The van der Waals surface area contributed by atoms with E-state index in [1.807, 2.05) is 11.3 Å². The Morgan fingerprint density at radius 2 is 2.31 bits per heavy atom. The highest BCUT2D eigenvalue weighted by Crippen LogP contribution is 2.29. The highest BCUT2D eigenvalue weighted by Gasteiger charge is 2.31. The van der Waals surface area contributed by atoms with Crippen LogP contribution in [0.1, 0.15) is 30.6 Å². The first kappa shape index (κ1) is 10.8. The molecule has 88 valence electrons. The van der Waals surface area contributed by atoms with Crippen molar-refractivity contribution in [2.24, 2.45) is 0 Å². The molecule has 2 nitrogen and oxygen atoms in total. The molecule has 0 bridgehead atoms. The molecule has 3 rings (SSSR count). The topological polar surface area (TPSA) is 15.3 Å². The van der Waals surface area contributed by atoms with Crippen LogP contribution in [0.15, 0.2) is 17.5 Å². The Hall–Kier alpha value is -0.380. The summed E-state index contributed by atoms with van der Waals surface area (Å²) < 4.78 is 0. The first-order chi connectivity index (χ1) is 7.92. The summed E-state index contributed by atoms with van der Waals surface area (Å²) in [6.45, 7) is 3.64. The zero-order valence-corrected chi connectivity index (χ0v) is 10.5. The molecule has 1 saturated carbocycles. The number of nitrogens with zero attached hydrogens (tertiary/aromatic N) is 1. The number of thiophene rings is 1. The lowest BCUT2D eigenvalue weighted by Gasteiger charge is -2.24. The summed E-state index contributed by atoms with van der Waals surface area (Å²) >= 11 is 1.89. The van der Waals surface area contributed by atoms with Crippen LogP contribution in [0, 0.1) is 0 Å². The molecule has 16 heavy (non-hydrogen) atoms. The Balaban J connectivity index is 1.57. The fourth-order valence-corrected chi connectivity index (χ4v) is 3.31. The minimum atomic E-state index is 0.751. The molecule has 3 heteroatoms. The van der Waals surface area contributed by atoms with Gasteiger partial charge in [-0.15, -0.1) is 11.3 Å². The van der Waals surface area contributed by atoms with Crippen LogP contribution in [0.25, 0.3) is 0 Å². The van der Waals surface area contributed by atoms with Crippen LogP contribution in [0.3, 0.4) is 0 Å². The predicted octanol–water partition coefficient (Wildman–Crippen LogP) is 2.46. The highest BCUT2D eigenvalue weighted by molar-refractivity contribution is 7.09. The van der Waals surface area contributed by atoms with E-state index in [4.69, 9.17) is 0 Å². The average Bonchev–Trinajstić information content (AvgIpc) is 2.79. The molecule has 1 saturated heterocycles. The second-order valence-electron chi connectivity index (χ2n) is 5.03. The molecule has 0 unspecified atom stereocenters. The van der Waals surface area contributed by atoms with Crippen molar-refractivity contribution < 1.29 is 0 Å². The second kappa shape index (κ2) is 4.86. The van der Waals surface area contributed by atoms with Gasteiger partial charge in [0, 0.05) is 30.1 Å². The normalized spacial score (nSPS) is 25.4. The highest BCUT2D eigenvalue weighted by atomic mass is 32.1. The third-order valence-electron chi connectivity index (χ3n) is 3.62. The van der Waals surface area contributed by atoms with Crippen molar-refractivity contribution in [2.45, 2.75) is 44.3 Å². The van der Waals surface area contributed by atoms with Crippen LogP contribution in [0.5, 0.6) is 0 Å². The number of nitrogens with one attached hydrogen (secondary N) is 1. The van der Waals surface area contributed by atoms with Crippen molar-refractivity contribution in [3.05, 3.63) is 22.4 Å². The Morgan fingerprint density at radius 1 is 1.38 bits per heavy atom. The molecule has 0 aromatic carbocycles. The van der Waals surface area contributed by atoms with Crippen LogP contribution < -0.4 is 5.32 Å². The Labute approximate surface area is 102 Å². The molecule has 2 aliphatic rings. The SMILES string of the molecule is c1csc(CN(C[C@H]2CCCN2)C2CC2)c1. The Kier molecular flexibility index (Phi) is 3.27. The molecular formula is C13H20N2S. The molecule has 1 aromatic heterocycles. The van der Waals surface area contributed by atoms with Crippen molar-refractivity contribution in [1.29, 1.82) is 0 Å². The van der Waals surface area contributed by atoms with Gasteiger partial charge in [0.05, 0.1) is 0 Å². The van der Waals surface area contributed by atoms with Crippen molar-refractivity contribution >= 4 is 11.3 Å². The van der Waals surface area contributed by atoms with Gasteiger partial charge in [-0.05, 0) is 43.7 Å². The molecular weight excluding hydrogens is 216 g/mol. The molecule has 2 fully saturated rings. The van der Waals surface area contributed by atoms with Gasteiger partial charge in [0.15, 0.2) is 0 Å². The van der Waals surface area contributed by atoms with Gasteiger partial charge in [0.2, 0.25) is 0 Å². The summed E-state index contributed by atoms with van der Waals surface area (Å²) in [4.78, 5) is 4.21. The van der Waals surface area contributed by atoms with E-state index in [-0.39, 0.29) is 0 Å². The number of rotatable bonds is 5. The summed E-state index contributed by atoms with van der Waals surface area (Å²) in [5, 5.41) is 5.80. The molecule has 0 radical (unpaired) electrons. The van der Waals surface area contributed by atoms with E-state index in [2.05, 4.69) is 27.7 Å². The third-order valence-corrected chi connectivity index (χ3v) is 4.48. The second-order valence-corrected chi connectivity index (χ2v) is 6.07. The molecule has 1 atom stereocenters. The molecule has 1 aromatic rings. The van der Waals surface area contributed by atoms with E-state index >= 15 is 0 Å². The minimum Gasteiger partial charge on any atom is -0.313 e. The van der Waals surface area contributed by atoms with E-state index in [9.17, 15) is 0 Å². The van der Waals surface area contributed by atoms with Crippen molar-refractivity contribution in [3.8, 4) is 0 Å². The van der Waals surface area contributed by atoms with Gasteiger partial charge in [0.25, 0.3) is 0 Å². The van der Waals surface area contributed by atoms with Gasteiger partial charge < -0.3 is 5.32 Å². The quantitative estimate of drug-likeness (QED) is 0.845. The average molecular weight is 236 g/mol. The maximum absolute atomic E-state index is 3.61. The van der Waals surface area contributed by atoms with Gasteiger partial charge >= 0.3 is 0 Å².